The molecule has 2 aromatic carbocycles. The second kappa shape index (κ2) is 5.98. The van der Waals surface area contributed by atoms with Gasteiger partial charge in [-0.05, 0) is 48.9 Å². The Bertz CT molecular complexity index is 831. The molecule has 0 aliphatic heterocycles. The van der Waals surface area contributed by atoms with E-state index in [1.54, 1.807) is 19.1 Å². The number of halogens is 1. The van der Waals surface area contributed by atoms with E-state index in [2.05, 4.69) is 20.7 Å². The van der Waals surface area contributed by atoms with E-state index < -0.39 is 32.2 Å². The van der Waals surface area contributed by atoms with Gasteiger partial charge in [-0.1, -0.05) is 15.9 Å². The maximum Gasteiger partial charge on any atom is 0.339 e. The summed E-state index contributed by atoms with van der Waals surface area (Å²) in [6, 6.07) is 8.78. The van der Waals surface area contributed by atoms with Gasteiger partial charge in [-0.2, -0.15) is 0 Å². The second-order valence-electron chi connectivity index (χ2n) is 4.58. The van der Waals surface area contributed by atoms with Crippen molar-refractivity contribution in [2.45, 2.75) is 11.8 Å². The van der Waals surface area contributed by atoms with Gasteiger partial charge in [-0.25, -0.2) is 13.2 Å². The number of carboxylic acid groups (broad SMARTS) is 1. The number of nitrogens with one attached hydrogen (secondary N) is 1. The summed E-state index contributed by atoms with van der Waals surface area (Å²) in [5, 5.41) is 19.0. The van der Waals surface area contributed by atoms with Gasteiger partial charge < -0.3 is 10.2 Å². The van der Waals surface area contributed by atoms with Crippen LogP contribution in [0.5, 0.6) is 5.75 Å². The first kappa shape index (κ1) is 16.3. The van der Waals surface area contributed by atoms with E-state index in [1.807, 2.05) is 0 Å². The summed E-state index contributed by atoms with van der Waals surface area (Å²) >= 11 is 3.23. The minimum Gasteiger partial charge on any atom is -0.506 e. The molecule has 0 saturated carbocycles. The highest BCUT2D eigenvalue weighted by atomic mass is 79.9. The van der Waals surface area contributed by atoms with E-state index in [-0.39, 0.29) is 0 Å². The largest absolute Gasteiger partial charge is 0.506 e. The summed E-state index contributed by atoms with van der Waals surface area (Å²) in [4.78, 5) is 10.6. The number of rotatable bonds is 4. The van der Waals surface area contributed by atoms with Crippen LogP contribution in [0.3, 0.4) is 0 Å². The van der Waals surface area contributed by atoms with Crippen LogP contribution in [0.2, 0.25) is 0 Å². The van der Waals surface area contributed by atoms with Crippen LogP contribution >= 0.6 is 15.9 Å². The van der Waals surface area contributed by atoms with Gasteiger partial charge in [0.15, 0.2) is 5.75 Å². The fourth-order valence-electron chi connectivity index (χ4n) is 1.84. The number of benzene rings is 2. The summed E-state index contributed by atoms with van der Waals surface area (Å²) in [7, 11) is -4.11. The molecule has 8 heteroatoms. The number of aromatic hydroxyl groups is 1. The highest BCUT2D eigenvalue weighted by molar-refractivity contribution is 9.10. The van der Waals surface area contributed by atoms with Gasteiger partial charge in [0.1, 0.15) is 10.5 Å². The van der Waals surface area contributed by atoms with Crippen LogP contribution in [0.1, 0.15) is 15.9 Å². The molecule has 116 valence electrons. The van der Waals surface area contributed by atoms with E-state index in [4.69, 9.17) is 5.11 Å². The molecule has 6 nitrogen and oxygen atoms in total. The average Bonchev–Trinajstić information content (AvgIpc) is 2.43. The highest BCUT2D eigenvalue weighted by Gasteiger charge is 2.24. The van der Waals surface area contributed by atoms with Gasteiger partial charge in [0.05, 0.1) is 0 Å². The fraction of sp³-hybridized carbons (Fsp3) is 0.0714. The third-order valence-corrected chi connectivity index (χ3v) is 4.76. The number of carboxylic acids is 1. The van der Waals surface area contributed by atoms with E-state index >= 15 is 0 Å². The number of anilines is 1. The predicted molar refractivity (Wildman–Crippen MR) is 84.8 cm³/mol. The summed E-state index contributed by atoms with van der Waals surface area (Å²) in [6.45, 7) is 1.55. The first-order valence-corrected chi connectivity index (χ1v) is 8.33. The smallest absolute Gasteiger partial charge is 0.339 e. The van der Waals surface area contributed by atoms with Crippen molar-refractivity contribution in [2.24, 2.45) is 0 Å². The number of phenols is 1. The van der Waals surface area contributed by atoms with Crippen LogP contribution in [-0.4, -0.2) is 24.6 Å². The average molecular weight is 386 g/mol. The van der Waals surface area contributed by atoms with Gasteiger partial charge in [0, 0.05) is 10.2 Å². The Kier molecular flexibility index (Phi) is 4.43. The van der Waals surface area contributed by atoms with E-state index in [9.17, 15) is 18.3 Å². The lowest BCUT2D eigenvalue weighted by molar-refractivity contribution is 0.0693. The lowest BCUT2D eigenvalue weighted by atomic mass is 10.1. The Morgan fingerprint density at radius 1 is 1.18 bits per heavy atom. The number of hydrogen-bond acceptors (Lipinski definition) is 4. The minimum atomic E-state index is -4.11. The topological polar surface area (TPSA) is 104 Å². The molecule has 22 heavy (non-hydrogen) atoms. The van der Waals surface area contributed by atoms with Crippen LogP contribution < -0.4 is 4.72 Å². The van der Waals surface area contributed by atoms with Crippen molar-refractivity contribution < 1.29 is 23.4 Å². The number of sulfonamides is 1. The number of hydrogen-bond donors (Lipinski definition) is 3. The summed E-state index contributed by atoms with van der Waals surface area (Å²) in [5.74, 6) is -2.19. The van der Waals surface area contributed by atoms with Crippen molar-refractivity contribution >= 4 is 37.6 Å². The second-order valence-corrected chi connectivity index (χ2v) is 7.14. The SMILES string of the molecule is Cc1cc(C(=O)O)c(O)c(S(=O)(=O)Nc2ccc(Br)cc2)c1. The number of carbonyl (C=O) groups is 1. The monoisotopic (exact) mass is 385 g/mol. The van der Waals surface area contributed by atoms with Crippen molar-refractivity contribution in [2.75, 3.05) is 4.72 Å². The molecule has 0 heterocycles. The maximum atomic E-state index is 12.4. The molecule has 0 spiro atoms. The molecular formula is C14H12BrNO5S. The molecule has 0 fully saturated rings. The highest BCUT2D eigenvalue weighted by Crippen LogP contribution is 2.30. The molecule has 0 amide bonds. The van der Waals surface area contributed by atoms with Gasteiger partial charge >= 0.3 is 5.97 Å². The van der Waals surface area contributed by atoms with Gasteiger partial charge in [0.2, 0.25) is 0 Å². The first-order chi connectivity index (χ1) is 10.2. The molecule has 3 N–H and O–H groups in total. The van der Waals surface area contributed by atoms with Crippen molar-refractivity contribution in [1.29, 1.82) is 0 Å². The van der Waals surface area contributed by atoms with Crippen LogP contribution in [0, 0.1) is 6.92 Å². The standard InChI is InChI=1S/C14H12BrNO5S/c1-8-6-11(14(18)19)13(17)12(7-8)22(20,21)16-10-4-2-9(15)3-5-10/h2-7,16-17H,1H3,(H,18,19). The first-order valence-electron chi connectivity index (χ1n) is 6.06. The molecule has 0 unspecified atom stereocenters. The van der Waals surface area contributed by atoms with Gasteiger partial charge in [0.25, 0.3) is 10.0 Å². The van der Waals surface area contributed by atoms with Crippen molar-refractivity contribution in [1.82, 2.24) is 0 Å². The van der Waals surface area contributed by atoms with Gasteiger partial charge in [-0.15, -0.1) is 0 Å². The van der Waals surface area contributed by atoms with Crippen molar-refractivity contribution in [3.63, 3.8) is 0 Å². The van der Waals surface area contributed by atoms with Crippen LogP contribution in [0.15, 0.2) is 45.8 Å². The van der Waals surface area contributed by atoms with Crippen LogP contribution in [0.25, 0.3) is 0 Å². The Morgan fingerprint density at radius 3 is 2.32 bits per heavy atom. The zero-order chi connectivity index (χ0) is 16.5. The quantitative estimate of drug-likeness (QED) is 0.750. The van der Waals surface area contributed by atoms with E-state index in [0.29, 0.717) is 11.3 Å². The fourth-order valence-corrected chi connectivity index (χ4v) is 3.37. The number of aryl methyl sites for hydroxylation is 1. The Morgan fingerprint density at radius 2 is 1.77 bits per heavy atom. The molecule has 0 aliphatic carbocycles. The Hall–Kier alpha value is -2.06. The number of aromatic carboxylic acids is 1. The minimum absolute atomic E-state index is 0.293. The van der Waals surface area contributed by atoms with Crippen molar-refractivity contribution in [3.05, 3.63) is 52.0 Å². The molecule has 2 rings (SSSR count). The molecule has 0 aliphatic rings. The maximum absolute atomic E-state index is 12.4. The summed E-state index contributed by atoms with van der Waals surface area (Å²) in [5.41, 5.74) is 0.239. The van der Waals surface area contributed by atoms with E-state index in [0.717, 1.165) is 4.47 Å². The molecule has 0 saturated heterocycles. The zero-order valence-electron chi connectivity index (χ0n) is 11.4. The molecular weight excluding hydrogens is 374 g/mol. The normalized spacial score (nSPS) is 11.2. The Balaban J connectivity index is 2.49. The Labute approximate surface area is 135 Å². The zero-order valence-corrected chi connectivity index (χ0v) is 13.8. The lowest BCUT2D eigenvalue weighted by Crippen LogP contribution is -2.14. The van der Waals surface area contributed by atoms with Crippen LogP contribution in [0.4, 0.5) is 5.69 Å². The third-order valence-electron chi connectivity index (χ3n) is 2.84. The summed E-state index contributed by atoms with van der Waals surface area (Å²) in [6.07, 6.45) is 0. The molecule has 0 bridgehead atoms. The van der Waals surface area contributed by atoms with Crippen molar-refractivity contribution in [3.8, 4) is 5.75 Å². The summed E-state index contributed by atoms with van der Waals surface area (Å²) < 4.78 is 27.8. The van der Waals surface area contributed by atoms with Crippen LogP contribution in [-0.2, 0) is 10.0 Å². The van der Waals surface area contributed by atoms with E-state index in [1.165, 1.54) is 24.3 Å². The molecule has 2 aromatic rings. The molecule has 0 aromatic heterocycles. The predicted octanol–water partition coefficient (Wildman–Crippen LogP) is 2.96. The lowest BCUT2D eigenvalue weighted by Gasteiger charge is -2.12. The van der Waals surface area contributed by atoms with Gasteiger partial charge in [-0.3, -0.25) is 4.72 Å². The molecule has 0 radical (unpaired) electrons. The molecule has 0 atom stereocenters. The third kappa shape index (κ3) is 3.40.